The van der Waals surface area contributed by atoms with Crippen molar-refractivity contribution in [2.45, 2.75) is 32.2 Å². The van der Waals surface area contributed by atoms with Crippen LogP contribution >= 0.6 is 24.0 Å². The highest BCUT2D eigenvalue weighted by Crippen LogP contribution is 2.27. The first-order chi connectivity index (χ1) is 16.1. The van der Waals surface area contributed by atoms with E-state index in [4.69, 9.17) is 4.99 Å². The second-order valence-electron chi connectivity index (χ2n) is 8.74. The number of hydrogen-bond donors (Lipinski definition) is 1. The maximum absolute atomic E-state index is 4.95. The van der Waals surface area contributed by atoms with Gasteiger partial charge in [-0.2, -0.15) is 0 Å². The molecule has 1 aliphatic rings. The van der Waals surface area contributed by atoms with E-state index in [1.165, 1.54) is 11.3 Å². The topological polar surface area (TPSA) is 61.6 Å². The third kappa shape index (κ3) is 6.71. The van der Waals surface area contributed by atoms with Gasteiger partial charge in [0.2, 0.25) is 0 Å². The Kier molecular flexibility index (Phi) is 9.74. The molecule has 4 rings (SSSR count). The number of aliphatic imine (C=N–C) groups is 1. The van der Waals surface area contributed by atoms with Gasteiger partial charge in [0.05, 0.1) is 0 Å². The number of halogens is 1. The molecule has 1 saturated heterocycles. The third-order valence-electron chi connectivity index (χ3n) is 6.46. The van der Waals surface area contributed by atoms with Crippen molar-refractivity contribution in [3.05, 3.63) is 77.9 Å². The zero-order valence-electron chi connectivity index (χ0n) is 20.4. The van der Waals surface area contributed by atoms with Crippen molar-refractivity contribution in [2.24, 2.45) is 12.0 Å². The minimum atomic E-state index is 0. The van der Waals surface area contributed by atoms with Crippen LogP contribution in [-0.2, 0) is 13.6 Å². The summed E-state index contributed by atoms with van der Waals surface area (Å²) >= 11 is 0. The van der Waals surface area contributed by atoms with Crippen LogP contribution in [-0.4, -0.2) is 58.9 Å². The molecule has 0 amide bonds. The van der Waals surface area contributed by atoms with Crippen molar-refractivity contribution in [2.75, 3.05) is 38.1 Å². The second kappa shape index (κ2) is 12.7. The van der Waals surface area contributed by atoms with E-state index in [1.807, 2.05) is 18.5 Å². The van der Waals surface area contributed by atoms with E-state index in [2.05, 4.69) is 93.0 Å². The fourth-order valence-electron chi connectivity index (χ4n) is 4.28. The summed E-state index contributed by atoms with van der Waals surface area (Å²) in [4.78, 5) is 9.63. The molecule has 8 heteroatoms. The number of para-hydroxylation sites is 1. The molecule has 34 heavy (non-hydrogen) atoms. The van der Waals surface area contributed by atoms with E-state index in [0.717, 1.165) is 56.6 Å². The summed E-state index contributed by atoms with van der Waals surface area (Å²) < 4.78 is 2.01. The standard InChI is InChI=1S/C26H35N7.HI/c1-21-29-30-25(32(21)3)19-28-26(27-16-10-17-31(2)24-13-8-5-9-14-24)33-18-15-23(20-33)22-11-6-4-7-12-22;/h4-9,11-14,23H,10,15-20H2,1-3H3,(H,27,28);1H. The van der Waals surface area contributed by atoms with Gasteiger partial charge in [0.1, 0.15) is 12.4 Å². The molecular weight excluding hydrogens is 537 g/mol. The van der Waals surface area contributed by atoms with Crippen molar-refractivity contribution >= 4 is 35.6 Å². The lowest BCUT2D eigenvalue weighted by atomic mass is 9.99. The van der Waals surface area contributed by atoms with E-state index in [0.29, 0.717) is 12.5 Å². The summed E-state index contributed by atoms with van der Waals surface area (Å²) in [6, 6.07) is 21.3. The molecule has 1 unspecified atom stereocenters. The SMILES string of the molecule is Cc1nnc(CN=C(NCCCN(C)c2ccccc2)N2CCC(c3ccccc3)C2)n1C.I. The molecule has 3 aromatic rings. The van der Waals surface area contributed by atoms with Crippen LogP contribution in [0, 0.1) is 6.92 Å². The molecule has 2 heterocycles. The van der Waals surface area contributed by atoms with Gasteiger partial charge in [-0.3, -0.25) is 0 Å². The van der Waals surface area contributed by atoms with Gasteiger partial charge < -0.3 is 19.7 Å². The van der Waals surface area contributed by atoms with E-state index < -0.39 is 0 Å². The Morgan fingerprint density at radius 3 is 2.47 bits per heavy atom. The van der Waals surface area contributed by atoms with Crippen molar-refractivity contribution in [1.82, 2.24) is 25.0 Å². The quantitative estimate of drug-likeness (QED) is 0.190. The Morgan fingerprint density at radius 2 is 1.79 bits per heavy atom. The monoisotopic (exact) mass is 573 g/mol. The number of anilines is 1. The minimum Gasteiger partial charge on any atom is -0.375 e. The molecule has 0 saturated carbocycles. The highest BCUT2D eigenvalue weighted by atomic mass is 127. The van der Waals surface area contributed by atoms with Crippen LogP contribution in [0.15, 0.2) is 65.7 Å². The first-order valence-corrected chi connectivity index (χ1v) is 11.8. The predicted octanol–water partition coefficient (Wildman–Crippen LogP) is 4.20. The summed E-state index contributed by atoms with van der Waals surface area (Å²) in [6.45, 7) is 6.34. The van der Waals surface area contributed by atoms with Crippen LogP contribution in [0.4, 0.5) is 5.69 Å². The number of hydrogen-bond acceptors (Lipinski definition) is 4. The van der Waals surface area contributed by atoms with E-state index in [9.17, 15) is 0 Å². The third-order valence-corrected chi connectivity index (χ3v) is 6.46. The van der Waals surface area contributed by atoms with Gasteiger partial charge >= 0.3 is 0 Å². The molecule has 1 atom stereocenters. The number of benzene rings is 2. The largest absolute Gasteiger partial charge is 0.375 e. The van der Waals surface area contributed by atoms with Gasteiger partial charge in [0.25, 0.3) is 0 Å². The van der Waals surface area contributed by atoms with E-state index in [1.54, 1.807) is 0 Å². The Balaban J connectivity index is 0.00000324. The summed E-state index contributed by atoms with van der Waals surface area (Å²) in [5.74, 6) is 3.30. The molecule has 0 spiro atoms. The number of guanidine groups is 1. The van der Waals surface area contributed by atoms with Crippen LogP contribution in [0.1, 0.15) is 36.0 Å². The van der Waals surface area contributed by atoms with Crippen molar-refractivity contribution < 1.29 is 0 Å². The van der Waals surface area contributed by atoms with Gasteiger partial charge in [-0.25, -0.2) is 4.99 Å². The number of rotatable bonds is 8. The Bertz CT molecular complexity index is 1040. The Hall–Kier alpha value is -2.62. The van der Waals surface area contributed by atoms with Crippen LogP contribution < -0.4 is 10.2 Å². The minimum absolute atomic E-state index is 0. The van der Waals surface area contributed by atoms with Crippen molar-refractivity contribution in [3.8, 4) is 0 Å². The number of nitrogens with one attached hydrogen (secondary N) is 1. The van der Waals surface area contributed by atoms with Gasteiger partial charge in [0.15, 0.2) is 11.8 Å². The van der Waals surface area contributed by atoms with Gasteiger partial charge in [-0.1, -0.05) is 48.5 Å². The number of aromatic nitrogens is 3. The molecule has 1 fully saturated rings. The summed E-state index contributed by atoms with van der Waals surface area (Å²) in [5.41, 5.74) is 2.65. The van der Waals surface area contributed by atoms with Crippen LogP contribution in [0.25, 0.3) is 0 Å². The molecule has 2 aromatic carbocycles. The molecule has 7 nitrogen and oxygen atoms in total. The maximum Gasteiger partial charge on any atom is 0.194 e. The average molecular weight is 574 g/mol. The molecule has 1 aliphatic heterocycles. The maximum atomic E-state index is 4.95. The van der Waals surface area contributed by atoms with Crippen molar-refractivity contribution in [3.63, 3.8) is 0 Å². The van der Waals surface area contributed by atoms with Crippen molar-refractivity contribution in [1.29, 1.82) is 0 Å². The Labute approximate surface area is 220 Å². The van der Waals surface area contributed by atoms with Crippen LogP contribution in [0.5, 0.6) is 0 Å². The zero-order chi connectivity index (χ0) is 23.0. The lowest BCUT2D eigenvalue weighted by Gasteiger charge is -2.23. The molecule has 0 bridgehead atoms. The summed E-state index contributed by atoms with van der Waals surface area (Å²) in [5, 5.41) is 12.1. The summed E-state index contributed by atoms with van der Waals surface area (Å²) in [7, 11) is 4.14. The smallest absolute Gasteiger partial charge is 0.194 e. The molecule has 1 aromatic heterocycles. The first kappa shape index (κ1) is 26.0. The highest BCUT2D eigenvalue weighted by molar-refractivity contribution is 14.0. The molecule has 0 radical (unpaired) electrons. The lowest BCUT2D eigenvalue weighted by molar-refractivity contribution is 0.482. The fraction of sp³-hybridized carbons (Fsp3) is 0.423. The zero-order valence-corrected chi connectivity index (χ0v) is 22.7. The molecule has 182 valence electrons. The predicted molar refractivity (Wildman–Crippen MR) is 150 cm³/mol. The molecular formula is C26H36IN7. The summed E-state index contributed by atoms with van der Waals surface area (Å²) in [6.07, 6.45) is 2.17. The van der Waals surface area contributed by atoms with Gasteiger partial charge in [-0.15, -0.1) is 34.2 Å². The Morgan fingerprint density at radius 1 is 1.09 bits per heavy atom. The van der Waals surface area contributed by atoms with Crippen LogP contribution in [0.2, 0.25) is 0 Å². The average Bonchev–Trinajstić information content (AvgIpc) is 3.47. The first-order valence-electron chi connectivity index (χ1n) is 11.8. The van der Waals surface area contributed by atoms with E-state index in [-0.39, 0.29) is 24.0 Å². The van der Waals surface area contributed by atoms with E-state index >= 15 is 0 Å². The number of aryl methyl sites for hydroxylation is 1. The number of nitrogens with zero attached hydrogens (tertiary/aromatic N) is 6. The lowest BCUT2D eigenvalue weighted by Crippen LogP contribution is -2.41. The van der Waals surface area contributed by atoms with Crippen LogP contribution in [0.3, 0.4) is 0 Å². The van der Waals surface area contributed by atoms with Gasteiger partial charge in [-0.05, 0) is 37.5 Å². The molecule has 1 N–H and O–H groups in total. The molecule has 0 aliphatic carbocycles. The normalized spacial score (nSPS) is 15.8. The van der Waals surface area contributed by atoms with Gasteiger partial charge in [0, 0.05) is 51.9 Å². The number of likely N-dealkylation sites (tertiary alicyclic amines) is 1. The highest BCUT2D eigenvalue weighted by Gasteiger charge is 2.26. The fourth-order valence-corrected chi connectivity index (χ4v) is 4.28. The second-order valence-corrected chi connectivity index (χ2v) is 8.74.